The summed E-state index contributed by atoms with van der Waals surface area (Å²) in [6.07, 6.45) is 1.71. The minimum absolute atomic E-state index is 0.0363. The van der Waals surface area contributed by atoms with E-state index in [2.05, 4.69) is 26.9 Å². The van der Waals surface area contributed by atoms with Crippen molar-refractivity contribution in [3.8, 4) is 29.0 Å². The molecule has 9 nitrogen and oxygen atoms in total. The maximum atomic E-state index is 14.4. The van der Waals surface area contributed by atoms with Crippen LogP contribution in [-0.2, 0) is 4.79 Å². The number of hydrogen-bond donors (Lipinski definition) is 2. The lowest BCUT2D eigenvalue weighted by Crippen LogP contribution is -2.37. The number of nitrogens with two attached hydrogens (primary N) is 1. The van der Waals surface area contributed by atoms with E-state index in [1.807, 2.05) is 6.92 Å². The normalized spacial score (nSPS) is 17.9. The molecule has 10 heteroatoms. The predicted octanol–water partition coefficient (Wildman–Crippen LogP) is 0.820. The lowest BCUT2D eigenvalue weighted by molar-refractivity contribution is -0.137. The van der Waals surface area contributed by atoms with Gasteiger partial charge < -0.3 is 15.7 Å². The summed E-state index contributed by atoms with van der Waals surface area (Å²) in [7, 11) is 1.56. The van der Waals surface area contributed by atoms with Crippen molar-refractivity contribution in [2.24, 2.45) is 5.73 Å². The number of rotatable bonds is 3. The Labute approximate surface area is 182 Å². The van der Waals surface area contributed by atoms with Gasteiger partial charge in [-0.25, -0.2) is 19.0 Å². The van der Waals surface area contributed by atoms with Crippen molar-refractivity contribution in [2.45, 2.75) is 18.9 Å². The highest BCUT2D eigenvalue weighted by Crippen LogP contribution is 2.23. The fourth-order valence-electron chi connectivity index (χ4n) is 3.31. The highest BCUT2D eigenvalue weighted by molar-refractivity contribution is 5.92. The van der Waals surface area contributed by atoms with Gasteiger partial charge in [-0.15, -0.1) is 0 Å². The zero-order chi connectivity index (χ0) is 23.0. The molecule has 0 bridgehead atoms. The topological polar surface area (TPSA) is 127 Å². The third kappa shape index (κ3) is 3.81. The Kier molecular flexibility index (Phi) is 5.20. The molecule has 0 saturated carbocycles. The third-order valence-electron chi connectivity index (χ3n) is 5.15. The number of amides is 2. The van der Waals surface area contributed by atoms with Gasteiger partial charge in [0, 0.05) is 43.5 Å². The van der Waals surface area contributed by atoms with Crippen LogP contribution in [0.15, 0.2) is 36.5 Å². The lowest BCUT2D eigenvalue weighted by atomic mass is 10.0. The number of hydrogen-bond acceptors (Lipinski definition) is 6. The molecule has 32 heavy (non-hydrogen) atoms. The van der Waals surface area contributed by atoms with E-state index in [0.717, 1.165) is 5.69 Å². The molecule has 2 aromatic heterocycles. The lowest BCUT2D eigenvalue weighted by Gasteiger charge is -2.13. The standard InChI is InChI=1S/C22H19FN6O3/c1-13-6-9-25-29(13)18-12-17(19(24)30)26-20(27-18)15-3-4-16(23)14(11-15)5-7-22(32)8-10-28(2)21(22)31/h3-4,6,9,11-12,32H,8,10H2,1-2H3,(H2,24,30)/t22-/m0/s1. The molecule has 1 aliphatic rings. The maximum Gasteiger partial charge on any atom is 0.267 e. The Morgan fingerprint density at radius 2 is 2.06 bits per heavy atom. The van der Waals surface area contributed by atoms with E-state index in [1.165, 1.54) is 33.8 Å². The molecule has 1 saturated heterocycles. The SMILES string of the molecule is Cc1ccnn1-c1cc(C(N)=O)nc(-c2ccc(F)c(C#C[C@]3(O)CCN(C)C3=O)c2)n1. The van der Waals surface area contributed by atoms with Gasteiger partial charge in [0.25, 0.3) is 11.8 Å². The fourth-order valence-corrected chi connectivity index (χ4v) is 3.31. The monoisotopic (exact) mass is 434 g/mol. The summed E-state index contributed by atoms with van der Waals surface area (Å²) in [6, 6.07) is 7.17. The molecule has 162 valence electrons. The highest BCUT2D eigenvalue weighted by Gasteiger charge is 2.42. The molecule has 0 spiro atoms. The number of carbonyl (C=O) groups excluding carboxylic acids is 2. The average molecular weight is 434 g/mol. The number of carbonyl (C=O) groups is 2. The van der Waals surface area contributed by atoms with E-state index in [1.54, 1.807) is 19.3 Å². The molecule has 3 aromatic rings. The first-order valence-electron chi connectivity index (χ1n) is 9.69. The van der Waals surface area contributed by atoms with Gasteiger partial charge in [-0.05, 0) is 31.2 Å². The van der Waals surface area contributed by atoms with Crippen LogP contribution in [0.25, 0.3) is 17.2 Å². The number of aromatic nitrogens is 4. The summed E-state index contributed by atoms with van der Waals surface area (Å²) in [4.78, 5) is 33.9. The fraction of sp³-hybridized carbons (Fsp3) is 0.227. The molecule has 3 N–H and O–H groups in total. The average Bonchev–Trinajstić information content (AvgIpc) is 3.31. The largest absolute Gasteiger partial charge is 0.369 e. The minimum atomic E-state index is -1.86. The molecule has 2 amide bonds. The smallest absolute Gasteiger partial charge is 0.267 e. The number of likely N-dealkylation sites (N-methyl/N-ethyl adjacent to an activating group) is 1. The van der Waals surface area contributed by atoms with Gasteiger partial charge in [-0.1, -0.05) is 11.8 Å². The van der Waals surface area contributed by atoms with Crippen LogP contribution in [0.5, 0.6) is 0 Å². The van der Waals surface area contributed by atoms with Crippen LogP contribution in [0, 0.1) is 24.6 Å². The second kappa shape index (κ2) is 7.86. The van der Waals surface area contributed by atoms with Crippen molar-refractivity contribution in [1.82, 2.24) is 24.6 Å². The number of primary amides is 1. The van der Waals surface area contributed by atoms with Crippen molar-refractivity contribution in [3.05, 3.63) is 59.3 Å². The Morgan fingerprint density at radius 1 is 1.28 bits per heavy atom. The molecule has 1 aliphatic heterocycles. The Morgan fingerprint density at radius 3 is 2.69 bits per heavy atom. The van der Waals surface area contributed by atoms with E-state index < -0.39 is 23.2 Å². The molecule has 1 atom stereocenters. The summed E-state index contributed by atoms with van der Waals surface area (Å²) in [5.74, 6) is 3.55. The molecular weight excluding hydrogens is 415 g/mol. The molecular formula is C22H19FN6O3. The molecule has 1 fully saturated rings. The van der Waals surface area contributed by atoms with E-state index in [-0.39, 0.29) is 23.5 Å². The number of halogens is 1. The number of benzene rings is 1. The first kappa shape index (κ1) is 21.1. The summed E-state index contributed by atoms with van der Waals surface area (Å²) in [6.45, 7) is 2.17. The van der Waals surface area contributed by atoms with Gasteiger partial charge in [0.15, 0.2) is 11.6 Å². The summed E-state index contributed by atoms with van der Waals surface area (Å²) in [5.41, 5.74) is 4.62. The number of aryl methyl sites for hydroxylation is 1. The van der Waals surface area contributed by atoms with Crippen LogP contribution in [-0.4, -0.2) is 60.8 Å². The van der Waals surface area contributed by atoms with Gasteiger partial charge in [0.05, 0.1) is 5.56 Å². The van der Waals surface area contributed by atoms with Gasteiger partial charge >= 0.3 is 0 Å². The zero-order valence-electron chi connectivity index (χ0n) is 17.3. The second-order valence-corrected chi connectivity index (χ2v) is 7.47. The van der Waals surface area contributed by atoms with E-state index >= 15 is 0 Å². The van der Waals surface area contributed by atoms with Gasteiger partial charge in [0.2, 0.25) is 5.60 Å². The van der Waals surface area contributed by atoms with Crippen molar-refractivity contribution in [2.75, 3.05) is 13.6 Å². The van der Waals surface area contributed by atoms with Gasteiger partial charge in [-0.2, -0.15) is 5.10 Å². The molecule has 0 unspecified atom stereocenters. The van der Waals surface area contributed by atoms with Crippen LogP contribution in [0.1, 0.15) is 28.2 Å². The third-order valence-corrected chi connectivity index (χ3v) is 5.15. The maximum absolute atomic E-state index is 14.4. The van der Waals surface area contributed by atoms with Crippen molar-refractivity contribution < 1.29 is 19.1 Å². The summed E-state index contributed by atoms with van der Waals surface area (Å²) < 4.78 is 15.9. The molecule has 3 heterocycles. The first-order valence-corrected chi connectivity index (χ1v) is 9.69. The predicted molar refractivity (Wildman–Crippen MR) is 112 cm³/mol. The van der Waals surface area contributed by atoms with Crippen LogP contribution >= 0.6 is 0 Å². The number of aliphatic hydroxyl groups is 1. The van der Waals surface area contributed by atoms with Crippen LogP contribution in [0.2, 0.25) is 0 Å². The molecule has 0 radical (unpaired) electrons. The molecule has 0 aliphatic carbocycles. The Balaban J connectivity index is 1.78. The van der Waals surface area contributed by atoms with Crippen molar-refractivity contribution in [3.63, 3.8) is 0 Å². The van der Waals surface area contributed by atoms with Crippen LogP contribution in [0.4, 0.5) is 4.39 Å². The van der Waals surface area contributed by atoms with E-state index in [9.17, 15) is 19.1 Å². The molecule has 4 rings (SSSR count). The molecule has 1 aromatic carbocycles. The number of nitrogens with zero attached hydrogens (tertiary/aromatic N) is 5. The van der Waals surface area contributed by atoms with Gasteiger partial charge in [-0.3, -0.25) is 9.59 Å². The van der Waals surface area contributed by atoms with Crippen LogP contribution < -0.4 is 5.73 Å². The first-order chi connectivity index (χ1) is 15.2. The summed E-state index contributed by atoms with van der Waals surface area (Å²) >= 11 is 0. The van der Waals surface area contributed by atoms with Crippen LogP contribution in [0.3, 0.4) is 0 Å². The second-order valence-electron chi connectivity index (χ2n) is 7.47. The van der Waals surface area contributed by atoms with E-state index in [0.29, 0.717) is 17.9 Å². The minimum Gasteiger partial charge on any atom is -0.369 e. The number of likely N-dealkylation sites (tertiary alicyclic amines) is 1. The van der Waals surface area contributed by atoms with Crippen molar-refractivity contribution in [1.29, 1.82) is 0 Å². The van der Waals surface area contributed by atoms with Gasteiger partial charge in [0.1, 0.15) is 11.5 Å². The van der Waals surface area contributed by atoms with E-state index in [4.69, 9.17) is 5.73 Å². The Bertz CT molecular complexity index is 1310. The highest BCUT2D eigenvalue weighted by atomic mass is 19.1. The Hall–Kier alpha value is -4.10. The summed E-state index contributed by atoms with van der Waals surface area (Å²) in [5, 5.41) is 14.6. The van der Waals surface area contributed by atoms with Crippen molar-refractivity contribution >= 4 is 11.8 Å². The quantitative estimate of drug-likeness (QED) is 0.588. The zero-order valence-corrected chi connectivity index (χ0v) is 17.3.